The number of aliphatic hydroxyl groups is 1. The van der Waals surface area contributed by atoms with Gasteiger partial charge < -0.3 is 14.7 Å². The van der Waals surface area contributed by atoms with E-state index in [2.05, 4.69) is 13.8 Å². The van der Waals surface area contributed by atoms with Crippen molar-refractivity contribution in [2.24, 2.45) is 5.92 Å². The highest BCUT2D eigenvalue weighted by molar-refractivity contribution is 6.00. The number of rotatable bonds is 11. The molecule has 27 heavy (non-hydrogen) atoms. The molecule has 0 spiro atoms. The molecule has 0 heterocycles. The van der Waals surface area contributed by atoms with Gasteiger partial charge in [-0.05, 0) is 64.2 Å². The molecule has 0 radical (unpaired) electrons. The molecule has 5 heteroatoms. The van der Waals surface area contributed by atoms with Gasteiger partial charge in [0.25, 0.3) is 0 Å². The number of hydrogen-bond donors (Lipinski definition) is 1. The fraction of sp³-hybridized carbons (Fsp3) is 0.636. The van der Waals surface area contributed by atoms with Crippen molar-refractivity contribution in [3.05, 3.63) is 23.8 Å². The molecule has 1 aromatic carbocycles. The zero-order chi connectivity index (χ0) is 20.6. The van der Waals surface area contributed by atoms with Gasteiger partial charge in [0.05, 0.1) is 11.7 Å². The summed E-state index contributed by atoms with van der Waals surface area (Å²) in [5.74, 6) is 0.880. The van der Waals surface area contributed by atoms with E-state index in [1.54, 1.807) is 23.1 Å². The largest absolute Gasteiger partial charge is 0.490 e. The number of carbonyl (C=O) groups excluding carboxylic acids is 2. The fourth-order valence-electron chi connectivity index (χ4n) is 2.93. The van der Waals surface area contributed by atoms with Gasteiger partial charge in [0.1, 0.15) is 12.4 Å². The Morgan fingerprint density at radius 2 is 1.81 bits per heavy atom. The number of ketones is 1. The van der Waals surface area contributed by atoms with Gasteiger partial charge >= 0.3 is 0 Å². The molecule has 1 N–H and O–H groups in total. The summed E-state index contributed by atoms with van der Waals surface area (Å²) in [5, 5.41) is 10.1. The third-order valence-electron chi connectivity index (χ3n) is 4.38. The number of aliphatic hydroxyl groups excluding tert-OH is 1. The second-order valence-electron chi connectivity index (χ2n) is 7.78. The summed E-state index contributed by atoms with van der Waals surface area (Å²) >= 11 is 0. The summed E-state index contributed by atoms with van der Waals surface area (Å²) in [6.07, 6.45) is 2.26. The van der Waals surface area contributed by atoms with Crippen molar-refractivity contribution in [1.29, 1.82) is 0 Å². The Morgan fingerprint density at radius 3 is 2.33 bits per heavy atom. The number of anilines is 1. The fourth-order valence-corrected chi connectivity index (χ4v) is 2.93. The summed E-state index contributed by atoms with van der Waals surface area (Å²) in [6, 6.07) is 5.23. The number of nitrogens with zero attached hydrogens (tertiary/aromatic N) is 1. The molecule has 0 fully saturated rings. The average Bonchev–Trinajstić information content (AvgIpc) is 2.58. The number of amides is 1. The van der Waals surface area contributed by atoms with Crippen molar-refractivity contribution in [3.8, 4) is 5.75 Å². The van der Waals surface area contributed by atoms with E-state index in [9.17, 15) is 14.7 Å². The highest BCUT2D eigenvalue weighted by Crippen LogP contribution is 2.28. The van der Waals surface area contributed by atoms with Crippen LogP contribution < -0.4 is 9.64 Å². The zero-order valence-electron chi connectivity index (χ0n) is 17.6. The van der Waals surface area contributed by atoms with Crippen LogP contribution in [0.1, 0.15) is 77.6 Å². The van der Waals surface area contributed by atoms with E-state index < -0.39 is 6.10 Å². The molecule has 0 aromatic heterocycles. The highest BCUT2D eigenvalue weighted by Gasteiger charge is 2.21. The first-order valence-electron chi connectivity index (χ1n) is 9.95. The van der Waals surface area contributed by atoms with Crippen molar-refractivity contribution < 1.29 is 19.4 Å². The lowest BCUT2D eigenvalue weighted by Gasteiger charge is -2.27. The zero-order valence-corrected chi connectivity index (χ0v) is 17.6. The monoisotopic (exact) mass is 377 g/mol. The first-order valence-corrected chi connectivity index (χ1v) is 9.95. The Kier molecular flexibility index (Phi) is 9.50. The normalized spacial score (nSPS) is 12.3. The van der Waals surface area contributed by atoms with E-state index in [0.29, 0.717) is 35.8 Å². The Labute approximate surface area is 163 Å². The maximum Gasteiger partial charge on any atom is 0.227 e. The maximum atomic E-state index is 12.5. The number of Topliss-reactive ketones (excluding diaryl/α,β-unsaturated/α-hetero) is 1. The van der Waals surface area contributed by atoms with Gasteiger partial charge in [-0.3, -0.25) is 9.59 Å². The van der Waals surface area contributed by atoms with Crippen molar-refractivity contribution in [2.75, 3.05) is 11.5 Å². The minimum absolute atomic E-state index is 0.00603. The summed E-state index contributed by atoms with van der Waals surface area (Å²) in [4.78, 5) is 26.3. The molecule has 0 aliphatic rings. The molecule has 0 aliphatic carbocycles. The van der Waals surface area contributed by atoms with Crippen LogP contribution in [-0.2, 0) is 4.79 Å². The van der Waals surface area contributed by atoms with Gasteiger partial charge in [-0.2, -0.15) is 0 Å². The molecule has 1 atom stereocenters. The van der Waals surface area contributed by atoms with Gasteiger partial charge in [-0.25, -0.2) is 0 Å². The first kappa shape index (κ1) is 23.2. The standard InChI is InChI=1S/C22H35NO4/c1-7-8-22(26)23(16(4)5)18-10-12-21(20(13-18)17(6)24)27-14-19(25)11-9-15(2)3/h10,12-13,15-16,19,25H,7-9,11,14H2,1-6H3. The average molecular weight is 378 g/mol. The molecular formula is C22H35NO4. The predicted octanol–water partition coefficient (Wildman–Crippen LogP) is 4.61. The summed E-state index contributed by atoms with van der Waals surface area (Å²) in [6.45, 7) is 11.7. The van der Waals surface area contributed by atoms with Gasteiger partial charge in [-0.15, -0.1) is 0 Å². The van der Waals surface area contributed by atoms with E-state index >= 15 is 0 Å². The summed E-state index contributed by atoms with van der Waals surface area (Å²) in [5.41, 5.74) is 1.12. The molecule has 1 aromatic rings. The van der Waals surface area contributed by atoms with Crippen LogP contribution in [0.15, 0.2) is 18.2 Å². The minimum atomic E-state index is -0.565. The van der Waals surface area contributed by atoms with Crippen LogP contribution in [0, 0.1) is 5.92 Å². The van der Waals surface area contributed by atoms with Crippen molar-refractivity contribution in [1.82, 2.24) is 0 Å². The Bertz CT molecular complexity index is 625. The number of hydrogen-bond acceptors (Lipinski definition) is 4. The van der Waals surface area contributed by atoms with Gasteiger partial charge in [-0.1, -0.05) is 20.8 Å². The SMILES string of the molecule is CCCC(=O)N(c1ccc(OCC(O)CCC(C)C)c(C(C)=O)c1)C(C)C. The second kappa shape index (κ2) is 11.1. The number of ether oxygens (including phenoxy) is 1. The van der Waals surface area contributed by atoms with E-state index in [-0.39, 0.29) is 24.3 Å². The Balaban J connectivity index is 2.99. The molecule has 0 bridgehead atoms. The van der Waals surface area contributed by atoms with Crippen molar-refractivity contribution >= 4 is 17.4 Å². The Morgan fingerprint density at radius 1 is 1.15 bits per heavy atom. The van der Waals surface area contributed by atoms with Crippen LogP contribution >= 0.6 is 0 Å². The molecule has 1 rings (SSSR count). The maximum absolute atomic E-state index is 12.5. The molecule has 0 saturated carbocycles. The van der Waals surface area contributed by atoms with Crippen LogP contribution in [0.3, 0.4) is 0 Å². The summed E-state index contributed by atoms with van der Waals surface area (Å²) < 4.78 is 5.72. The molecule has 1 unspecified atom stereocenters. The van der Waals surface area contributed by atoms with E-state index in [1.165, 1.54) is 6.92 Å². The van der Waals surface area contributed by atoms with Crippen LogP contribution in [0.4, 0.5) is 5.69 Å². The van der Waals surface area contributed by atoms with E-state index in [4.69, 9.17) is 4.74 Å². The molecule has 1 amide bonds. The lowest BCUT2D eigenvalue weighted by Crippen LogP contribution is -2.36. The molecular weight excluding hydrogens is 342 g/mol. The first-order chi connectivity index (χ1) is 12.7. The highest BCUT2D eigenvalue weighted by atomic mass is 16.5. The molecule has 0 saturated heterocycles. The van der Waals surface area contributed by atoms with Crippen molar-refractivity contribution in [2.45, 2.75) is 79.4 Å². The minimum Gasteiger partial charge on any atom is -0.490 e. The van der Waals surface area contributed by atoms with Crippen LogP contribution in [-0.4, -0.2) is 35.5 Å². The lowest BCUT2D eigenvalue weighted by molar-refractivity contribution is -0.119. The quantitative estimate of drug-likeness (QED) is 0.572. The molecule has 0 aliphatic heterocycles. The number of carbonyl (C=O) groups is 2. The Hall–Kier alpha value is -1.88. The number of benzene rings is 1. The lowest BCUT2D eigenvalue weighted by atomic mass is 10.1. The summed E-state index contributed by atoms with van der Waals surface area (Å²) in [7, 11) is 0. The predicted molar refractivity (Wildman–Crippen MR) is 110 cm³/mol. The van der Waals surface area contributed by atoms with E-state index in [0.717, 1.165) is 12.8 Å². The third kappa shape index (κ3) is 7.33. The van der Waals surface area contributed by atoms with Gasteiger partial charge in [0.2, 0.25) is 5.91 Å². The molecule has 152 valence electrons. The smallest absolute Gasteiger partial charge is 0.227 e. The van der Waals surface area contributed by atoms with Crippen LogP contribution in [0.25, 0.3) is 0 Å². The topological polar surface area (TPSA) is 66.8 Å². The van der Waals surface area contributed by atoms with E-state index in [1.807, 2.05) is 20.8 Å². The van der Waals surface area contributed by atoms with Gasteiger partial charge in [0, 0.05) is 18.2 Å². The van der Waals surface area contributed by atoms with Gasteiger partial charge in [0.15, 0.2) is 5.78 Å². The van der Waals surface area contributed by atoms with Crippen LogP contribution in [0.2, 0.25) is 0 Å². The van der Waals surface area contributed by atoms with Crippen molar-refractivity contribution in [3.63, 3.8) is 0 Å². The van der Waals surface area contributed by atoms with Crippen LogP contribution in [0.5, 0.6) is 5.75 Å². The second-order valence-corrected chi connectivity index (χ2v) is 7.78. The molecule has 5 nitrogen and oxygen atoms in total. The third-order valence-corrected chi connectivity index (χ3v) is 4.38.